The molecule has 5 nitrogen and oxygen atoms in total. The molecule has 118 valence electrons. The lowest BCUT2D eigenvalue weighted by molar-refractivity contribution is -0.341. The number of anilines is 1. The van der Waals surface area contributed by atoms with Crippen LogP contribution < -0.4 is 19.8 Å². The molecule has 0 saturated carbocycles. The Morgan fingerprint density at radius 3 is 2.70 bits per heavy atom. The average molecular weight is 329 g/mol. The van der Waals surface area contributed by atoms with Gasteiger partial charge in [0.15, 0.2) is 0 Å². The van der Waals surface area contributed by atoms with Crippen LogP contribution in [0.5, 0.6) is 11.5 Å². The maximum absolute atomic E-state index is 11.1. The van der Waals surface area contributed by atoms with Crippen LogP contribution in [0.25, 0.3) is 22.0 Å². The van der Waals surface area contributed by atoms with Crippen LogP contribution in [0.15, 0.2) is 35.7 Å². The number of nitrogens with one attached hydrogen (secondary N) is 2. The number of carbonyl (C=O) groups excluding carboxylic acids is 1. The molecule has 0 aliphatic heterocycles. The van der Waals surface area contributed by atoms with Crippen LogP contribution in [0, 0.1) is 0 Å². The van der Waals surface area contributed by atoms with Crippen LogP contribution in [-0.4, -0.2) is 20.1 Å². The summed E-state index contributed by atoms with van der Waals surface area (Å²) in [4.78, 5) is 14.4. The minimum atomic E-state index is -0.101. The zero-order chi connectivity index (χ0) is 16.4. The van der Waals surface area contributed by atoms with Crippen molar-refractivity contribution in [3.63, 3.8) is 0 Å². The van der Waals surface area contributed by atoms with Crippen molar-refractivity contribution in [1.29, 1.82) is 0 Å². The number of hydrogen-bond acceptors (Lipinski definition) is 4. The van der Waals surface area contributed by atoms with Gasteiger partial charge in [-0.25, -0.2) is 15.1 Å². The summed E-state index contributed by atoms with van der Waals surface area (Å²) in [5.41, 5.74) is 1.90. The number of aromatic nitrogens is 1. The summed E-state index contributed by atoms with van der Waals surface area (Å²) < 4.78 is 10.8. The lowest BCUT2D eigenvalue weighted by Crippen LogP contribution is -2.14. The molecular weight excluding hydrogens is 312 g/mol. The molecular formula is C17H17N2O3S+. The van der Waals surface area contributed by atoms with Crippen LogP contribution in [0.4, 0.5) is 5.13 Å². The van der Waals surface area contributed by atoms with E-state index in [2.05, 4.69) is 16.4 Å². The number of rotatable bonds is 4. The van der Waals surface area contributed by atoms with E-state index in [0.29, 0.717) is 5.13 Å². The van der Waals surface area contributed by atoms with E-state index in [4.69, 9.17) is 9.47 Å². The first-order valence-electron chi connectivity index (χ1n) is 7.05. The highest BCUT2D eigenvalue weighted by Gasteiger charge is 2.14. The Bertz CT molecular complexity index is 873. The van der Waals surface area contributed by atoms with Crippen molar-refractivity contribution in [3.05, 3.63) is 35.7 Å². The topological polar surface area (TPSA) is 61.7 Å². The minimum absolute atomic E-state index is 0.101. The van der Waals surface area contributed by atoms with Crippen molar-refractivity contribution >= 4 is 33.1 Å². The predicted octanol–water partition coefficient (Wildman–Crippen LogP) is 3.36. The average Bonchev–Trinajstić information content (AvgIpc) is 3.00. The molecule has 23 heavy (non-hydrogen) atoms. The van der Waals surface area contributed by atoms with Crippen LogP contribution >= 0.6 is 11.3 Å². The largest absolute Gasteiger partial charge is 0.497 e. The van der Waals surface area contributed by atoms with Gasteiger partial charge in [0.1, 0.15) is 17.2 Å². The number of aromatic amines is 1. The van der Waals surface area contributed by atoms with Gasteiger partial charge in [0.2, 0.25) is 0 Å². The first kappa shape index (κ1) is 15.3. The highest BCUT2D eigenvalue weighted by Crippen LogP contribution is 2.34. The third kappa shape index (κ3) is 3.12. The fourth-order valence-corrected chi connectivity index (χ4v) is 3.23. The third-order valence-corrected chi connectivity index (χ3v) is 4.28. The quantitative estimate of drug-likeness (QED) is 0.798. The lowest BCUT2D eigenvalue weighted by Gasteiger charge is -2.09. The lowest BCUT2D eigenvalue weighted by atomic mass is 10.0. The van der Waals surface area contributed by atoms with E-state index in [0.717, 1.165) is 33.5 Å². The molecule has 0 aliphatic rings. The summed E-state index contributed by atoms with van der Waals surface area (Å²) in [5, 5.41) is 7.47. The first-order chi connectivity index (χ1) is 11.1. The molecule has 0 bridgehead atoms. The second-order valence-corrected chi connectivity index (χ2v) is 5.93. The van der Waals surface area contributed by atoms with Crippen molar-refractivity contribution in [2.24, 2.45) is 0 Å². The number of carbonyl (C=O) groups is 1. The van der Waals surface area contributed by atoms with Crippen molar-refractivity contribution in [2.45, 2.75) is 6.92 Å². The van der Waals surface area contributed by atoms with Gasteiger partial charge in [-0.05, 0) is 35.7 Å². The van der Waals surface area contributed by atoms with E-state index in [9.17, 15) is 4.79 Å². The molecule has 2 aromatic carbocycles. The Labute approximate surface area is 137 Å². The van der Waals surface area contributed by atoms with Crippen LogP contribution in [0.2, 0.25) is 0 Å². The van der Waals surface area contributed by atoms with Gasteiger partial charge in [-0.2, -0.15) is 0 Å². The summed E-state index contributed by atoms with van der Waals surface area (Å²) in [5.74, 6) is 1.49. The number of thiazole rings is 1. The molecule has 0 atom stereocenters. The van der Waals surface area contributed by atoms with Gasteiger partial charge >= 0.3 is 11.0 Å². The molecule has 0 fully saturated rings. The highest BCUT2D eigenvalue weighted by molar-refractivity contribution is 7.13. The minimum Gasteiger partial charge on any atom is -0.497 e. The number of H-pyrrole nitrogens is 1. The second-order valence-electron chi connectivity index (χ2n) is 5.05. The number of methoxy groups -OCH3 is 2. The first-order valence-corrected chi connectivity index (χ1v) is 7.93. The van der Waals surface area contributed by atoms with Crippen molar-refractivity contribution < 1.29 is 19.3 Å². The summed E-state index contributed by atoms with van der Waals surface area (Å²) in [6.45, 7) is 1.48. The Morgan fingerprint density at radius 1 is 1.17 bits per heavy atom. The maximum Gasteiger partial charge on any atom is 0.339 e. The van der Waals surface area contributed by atoms with Gasteiger partial charge in [0.05, 0.1) is 14.2 Å². The molecule has 3 aromatic rings. The maximum atomic E-state index is 11.1. The monoisotopic (exact) mass is 329 g/mol. The molecule has 0 radical (unpaired) electrons. The van der Waals surface area contributed by atoms with E-state index in [1.165, 1.54) is 18.3 Å². The Kier molecular flexibility index (Phi) is 4.16. The Hall–Kier alpha value is -2.60. The smallest absolute Gasteiger partial charge is 0.339 e. The molecule has 0 unspecified atom stereocenters. The standard InChI is InChI=1S/C17H16N2O3S/c1-10(20)18-17-19-15(9-23-17)12-6-11-7-13(21-2)4-5-14(11)16(8-12)22-3/h4-9H,1-3H3,(H,18,19,20)/p+1. The van der Waals surface area contributed by atoms with Gasteiger partial charge in [0.25, 0.3) is 0 Å². The normalized spacial score (nSPS) is 10.6. The predicted molar refractivity (Wildman–Crippen MR) is 91.2 cm³/mol. The molecule has 3 rings (SSSR count). The van der Waals surface area contributed by atoms with E-state index in [1.807, 2.05) is 29.6 Å². The fraction of sp³-hybridized carbons (Fsp3) is 0.176. The molecule has 0 saturated heterocycles. The molecule has 1 amide bonds. The van der Waals surface area contributed by atoms with E-state index in [1.54, 1.807) is 14.2 Å². The van der Waals surface area contributed by atoms with Crippen molar-refractivity contribution in [3.8, 4) is 22.8 Å². The molecule has 1 heterocycles. The van der Waals surface area contributed by atoms with Gasteiger partial charge in [-0.3, -0.25) is 0 Å². The molecule has 6 heteroatoms. The van der Waals surface area contributed by atoms with E-state index < -0.39 is 0 Å². The van der Waals surface area contributed by atoms with Gasteiger partial charge in [-0.1, -0.05) is 11.3 Å². The number of fused-ring (bicyclic) bond motifs is 1. The third-order valence-electron chi connectivity index (χ3n) is 3.49. The van der Waals surface area contributed by atoms with Crippen LogP contribution in [0.1, 0.15) is 6.92 Å². The zero-order valence-electron chi connectivity index (χ0n) is 13.1. The van der Waals surface area contributed by atoms with Gasteiger partial charge in [-0.15, -0.1) is 0 Å². The van der Waals surface area contributed by atoms with Crippen molar-refractivity contribution in [2.75, 3.05) is 19.5 Å². The van der Waals surface area contributed by atoms with Crippen molar-refractivity contribution in [1.82, 2.24) is 0 Å². The molecule has 0 spiro atoms. The second kappa shape index (κ2) is 6.26. The summed E-state index contributed by atoms with van der Waals surface area (Å²) in [7, 11) is 3.30. The zero-order valence-corrected chi connectivity index (χ0v) is 13.9. The number of ether oxygens (including phenoxy) is 2. The van der Waals surface area contributed by atoms with Gasteiger partial charge < -0.3 is 9.47 Å². The van der Waals surface area contributed by atoms with Gasteiger partial charge in [0, 0.05) is 23.3 Å². The fourth-order valence-electron chi connectivity index (χ4n) is 2.42. The summed E-state index contributed by atoms with van der Waals surface area (Å²) in [6.07, 6.45) is 0. The molecule has 2 N–H and O–H groups in total. The number of amides is 1. The van der Waals surface area contributed by atoms with E-state index in [-0.39, 0.29) is 5.91 Å². The number of benzene rings is 2. The van der Waals surface area contributed by atoms with E-state index >= 15 is 0 Å². The van der Waals surface area contributed by atoms with Crippen LogP contribution in [-0.2, 0) is 4.79 Å². The Balaban J connectivity index is 2.09. The SMILES string of the molecule is COc1ccc2c(OC)cc(-c3csc(NC(C)=O)[nH+]3)cc2c1. The number of hydrogen-bond donors (Lipinski definition) is 1. The highest BCUT2D eigenvalue weighted by atomic mass is 32.1. The summed E-state index contributed by atoms with van der Waals surface area (Å²) in [6, 6.07) is 9.91. The summed E-state index contributed by atoms with van der Waals surface area (Å²) >= 11 is 1.45. The van der Waals surface area contributed by atoms with Crippen LogP contribution in [0.3, 0.4) is 0 Å². The molecule has 0 aliphatic carbocycles. The Morgan fingerprint density at radius 2 is 2.00 bits per heavy atom. The molecule has 1 aromatic heterocycles.